The number of carbonyl (C=O) groups is 2. The molecule has 162 valence electrons. The van der Waals surface area contributed by atoms with Gasteiger partial charge in [-0.3, -0.25) is 9.59 Å². The number of fused-ring (bicyclic) bond motifs is 1. The summed E-state index contributed by atoms with van der Waals surface area (Å²) in [5, 5.41) is 17.5. The minimum atomic E-state index is -1.56. The Morgan fingerprint density at radius 1 is 1.20 bits per heavy atom. The SMILES string of the molecule is Cn1ccc2cccc(NC(=O)C3(O)CCC(NC(=O)OC(C)(C)C)CC3)c2c1=O. The van der Waals surface area contributed by atoms with Gasteiger partial charge in [0.15, 0.2) is 0 Å². The number of rotatable bonds is 3. The van der Waals surface area contributed by atoms with Gasteiger partial charge >= 0.3 is 6.09 Å². The largest absolute Gasteiger partial charge is 0.444 e. The van der Waals surface area contributed by atoms with Crippen molar-refractivity contribution >= 4 is 28.5 Å². The maximum absolute atomic E-state index is 12.9. The van der Waals surface area contributed by atoms with Crippen molar-refractivity contribution in [3.8, 4) is 0 Å². The number of hydrogen-bond donors (Lipinski definition) is 3. The molecule has 0 bridgehead atoms. The lowest BCUT2D eigenvalue weighted by Gasteiger charge is -2.35. The first kappa shape index (κ1) is 21.8. The molecular weight excluding hydrogens is 386 g/mol. The van der Waals surface area contributed by atoms with Crippen LogP contribution in [0.25, 0.3) is 10.8 Å². The summed E-state index contributed by atoms with van der Waals surface area (Å²) in [6.07, 6.45) is 2.45. The Labute approximate surface area is 175 Å². The van der Waals surface area contributed by atoms with Crippen molar-refractivity contribution in [1.29, 1.82) is 0 Å². The lowest BCUT2D eigenvalue weighted by molar-refractivity contribution is -0.137. The Hall–Kier alpha value is -2.87. The first-order valence-corrected chi connectivity index (χ1v) is 10.1. The van der Waals surface area contributed by atoms with E-state index in [-0.39, 0.29) is 24.4 Å². The topological polar surface area (TPSA) is 110 Å². The maximum Gasteiger partial charge on any atom is 0.407 e. The number of ether oxygens (including phenoxy) is 1. The minimum Gasteiger partial charge on any atom is -0.444 e. The molecule has 0 aliphatic heterocycles. The van der Waals surface area contributed by atoms with Gasteiger partial charge in [0.25, 0.3) is 11.5 Å². The van der Waals surface area contributed by atoms with Crippen molar-refractivity contribution in [2.45, 2.75) is 63.7 Å². The lowest BCUT2D eigenvalue weighted by Crippen LogP contribution is -2.50. The maximum atomic E-state index is 12.9. The Kier molecular flexibility index (Phi) is 5.90. The van der Waals surface area contributed by atoms with Crippen LogP contribution in [0.15, 0.2) is 35.3 Å². The molecule has 0 radical (unpaired) electrons. The van der Waals surface area contributed by atoms with Gasteiger partial charge in [-0.1, -0.05) is 12.1 Å². The number of pyridine rings is 1. The number of aromatic nitrogens is 1. The average molecular weight is 415 g/mol. The van der Waals surface area contributed by atoms with E-state index in [1.807, 2.05) is 0 Å². The summed E-state index contributed by atoms with van der Waals surface area (Å²) >= 11 is 0. The first-order valence-electron chi connectivity index (χ1n) is 10.1. The second-order valence-electron chi connectivity index (χ2n) is 8.91. The van der Waals surface area contributed by atoms with Crippen LogP contribution < -0.4 is 16.2 Å². The molecule has 1 aliphatic rings. The summed E-state index contributed by atoms with van der Waals surface area (Å²) in [5.41, 5.74) is -2.00. The summed E-state index contributed by atoms with van der Waals surface area (Å²) in [7, 11) is 1.65. The first-order chi connectivity index (χ1) is 14.0. The van der Waals surface area contributed by atoms with E-state index in [0.29, 0.717) is 29.3 Å². The third-order valence-electron chi connectivity index (χ3n) is 5.31. The van der Waals surface area contributed by atoms with Gasteiger partial charge in [0.1, 0.15) is 11.2 Å². The van der Waals surface area contributed by atoms with Crippen LogP contribution in [-0.2, 0) is 16.6 Å². The van der Waals surface area contributed by atoms with Crippen LogP contribution in [0.1, 0.15) is 46.5 Å². The van der Waals surface area contributed by atoms with Gasteiger partial charge in [-0.2, -0.15) is 0 Å². The van der Waals surface area contributed by atoms with Gasteiger partial charge < -0.3 is 25.0 Å². The van der Waals surface area contributed by atoms with Crippen LogP contribution in [0.5, 0.6) is 0 Å². The summed E-state index contributed by atoms with van der Waals surface area (Å²) < 4.78 is 6.70. The second kappa shape index (κ2) is 8.10. The average Bonchev–Trinajstić information content (AvgIpc) is 2.65. The van der Waals surface area contributed by atoms with Crippen molar-refractivity contribution in [3.63, 3.8) is 0 Å². The number of amides is 2. The quantitative estimate of drug-likeness (QED) is 0.714. The van der Waals surface area contributed by atoms with E-state index in [4.69, 9.17) is 4.74 Å². The zero-order chi connectivity index (χ0) is 22.1. The molecule has 0 spiro atoms. The summed E-state index contributed by atoms with van der Waals surface area (Å²) in [6, 6.07) is 6.84. The van der Waals surface area contributed by atoms with E-state index >= 15 is 0 Å². The summed E-state index contributed by atoms with van der Waals surface area (Å²) in [5.74, 6) is -0.545. The predicted octanol–water partition coefficient (Wildman–Crippen LogP) is 2.68. The second-order valence-corrected chi connectivity index (χ2v) is 8.91. The highest BCUT2D eigenvalue weighted by Gasteiger charge is 2.40. The highest BCUT2D eigenvalue weighted by atomic mass is 16.6. The summed E-state index contributed by atoms with van der Waals surface area (Å²) in [6.45, 7) is 5.37. The van der Waals surface area contributed by atoms with E-state index in [9.17, 15) is 19.5 Å². The van der Waals surface area contributed by atoms with Gasteiger partial charge in [0.05, 0.1) is 11.1 Å². The van der Waals surface area contributed by atoms with E-state index in [0.717, 1.165) is 0 Å². The molecule has 8 heteroatoms. The van der Waals surface area contributed by atoms with Crippen LogP contribution in [0.3, 0.4) is 0 Å². The smallest absolute Gasteiger partial charge is 0.407 e. The van der Waals surface area contributed by atoms with Crippen molar-refractivity contribution in [2.24, 2.45) is 7.05 Å². The van der Waals surface area contributed by atoms with Gasteiger partial charge in [0.2, 0.25) is 0 Å². The zero-order valence-corrected chi connectivity index (χ0v) is 17.8. The zero-order valence-electron chi connectivity index (χ0n) is 17.8. The van der Waals surface area contributed by atoms with Gasteiger partial charge in [-0.15, -0.1) is 0 Å². The Bertz CT molecular complexity index is 1010. The molecule has 0 unspecified atom stereocenters. The fraction of sp³-hybridized carbons (Fsp3) is 0.500. The minimum absolute atomic E-state index is 0.169. The van der Waals surface area contributed by atoms with Crippen molar-refractivity contribution in [3.05, 3.63) is 40.8 Å². The van der Waals surface area contributed by atoms with Crippen molar-refractivity contribution in [2.75, 3.05) is 5.32 Å². The van der Waals surface area contributed by atoms with Gasteiger partial charge in [-0.05, 0) is 64.0 Å². The van der Waals surface area contributed by atoms with E-state index in [2.05, 4.69) is 10.6 Å². The fourth-order valence-corrected chi connectivity index (χ4v) is 3.67. The molecule has 1 aromatic carbocycles. The number of nitrogens with zero attached hydrogens (tertiary/aromatic N) is 1. The molecule has 1 heterocycles. The van der Waals surface area contributed by atoms with Crippen LogP contribution in [0.2, 0.25) is 0 Å². The van der Waals surface area contributed by atoms with Crippen LogP contribution in [0, 0.1) is 0 Å². The highest BCUT2D eigenvalue weighted by molar-refractivity contribution is 6.04. The third kappa shape index (κ3) is 4.81. The number of aryl methyl sites for hydroxylation is 1. The predicted molar refractivity (Wildman–Crippen MR) is 114 cm³/mol. The van der Waals surface area contributed by atoms with E-state index in [1.54, 1.807) is 58.3 Å². The Balaban J connectivity index is 1.68. The number of anilines is 1. The van der Waals surface area contributed by atoms with E-state index in [1.165, 1.54) is 4.57 Å². The van der Waals surface area contributed by atoms with Crippen LogP contribution in [0.4, 0.5) is 10.5 Å². The molecule has 2 amide bonds. The molecule has 1 fully saturated rings. The number of benzene rings is 1. The van der Waals surface area contributed by atoms with Crippen LogP contribution in [-0.4, -0.2) is 38.9 Å². The number of aliphatic hydroxyl groups is 1. The molecule has 1 saturated carbocycles. The number of hydrogen-bond acceptors (Lipinski definition) is 5. The highest BCUT2D eigenvalue weighted by Crippen LogP contribution is 2.31. The van der Waals surface area contributed by atoms with Crippen molar-refractivity contribution in [1.82, 2.24) is 9.88 Å². The number of nitrogens with one attached hydrogen (secondary N) is 2. The molecule has 3 N–H and O–H groups in total. The Morgan fingerprint density at radius 3 is 2.50 bits per heavy atom. The normalized spacial score (nSPS) is 21.8. The molecule has 0 atom stereocenters. The molecule has 2 aromatic rings. The van der Waals surface area contributed by atoms with E-state index < -0.39 is 23.2 Å². The van der Waals surface area contributed by atoms with Crippen molar-refractivity contribution < 1.29 is 19.4 Å². The van der Waals surface area contributed by atoms with Gasteiger partial charge in [0, 0.05) is 19.3 Å². The Morgan fingerprint density at radius 2 is 1.87 bits per heavy atom. The summed E-state index contributed by atoms with van der Waals surface area (Å²) in [4.78, 5) is 37.3. The molecule has 1 aromatic heterocycles. The fourth-order valence-electron chi connectivity index (χ4n) is 3.67. The third-order valence-corrected chi connectivity index (χ3v) is 5.31. The molecule has 8 nitrogen and oxygen atoms in total. The monoisotopic (exact) mass is 415 g/mol. The molecular formula is C22H29N3O5. The molecule has 0 saturated heterocycles. The van der Waals surface area contributed by atoms with Crippen LogP contribution >= 0.6 is 0 Å². The lowest BCUT2D eigenvalue weighted by atomic mass is 9.81. The molecule has 1 aliphatic carbocycles. The standard InChI is InChI=1S/C22H29N3O5/c1-21(2,3)30-20(28)23-15-8-11-22(29,12-9-15)19(27)24-16-7-5-6-14-10-13-25(4)18(26)17(14)16/h5-7,10,13,15,29H,8-9,11-12H2,1-4H3,(H,23,28)(H,24,27). The molecule has 30 heavy (non-hydrogen) atoms. The van der Waals surface area contributed by atoms with Gasteiger partial charge in [-0.25, -0.2) is 4.79 Å². The molecule has 3 rings (SSSR count). The number of carbonyl (C=O) groups excluding carboxylic acids is 2. The number of alkyl carbamates (subject to hydrolysis) is 1.